The zero-order valence-electron chi connectivity index (χ0n) is 13.8. The predicted octanol–water partition coefficient (Wildman–Crippen LogP) is 5.06. The second-order valence-corrected chi connectivity index (χ2v) is 5.29. The van der Waals surface area contributed by atoms with Gasteiger partial charge in [0.15, 0.2) is 0 Å². The molecule has 0 aliphatic heterocycles. The van der Waals surface area contributed by atoms with E-state index in [0.717, 1.165) is 6.42 Å². The number of hydrogen-bond acceptors (Lipinski definition) is 0. The van der Waals surface area contributed by atoms with Gasteiger partial charge in [0.2, 0.25) is 0 Å². The highest BCUT2D eigenvalue weighted by atomic mass is 14.1. The fourth-order valence-corrected chi connectivity index (χ4v) is 2.79. The van der Waals surface area contributed by atoms with Gasteiger partial charge in [0.05, 0.1) is 0 Å². The summed E-state index contributed by atoms with van der Waals surface area (Å²) in [4.78, 5) is 0. The van der Waals surface area contributed by atoms with Crippen molar-refractivity contribution in [3.63, 3.8) is 0 Å². The Labute approximate surface area is 133 Å². The Kier molecular flexibility index (Phi) is 5.55. The second-order valence-electron chi connectivity index (χ2n) is 5.29. The highest BCUT2D eigenvalue weighted by Gasteiger charge is 2.03. The first-order chi connectivity index (χ1) is 10.7. The van der Waals surface area contributed by atoms with Crippen LogP contribution in [0.1, 0.15) is 38.3 Å². The number of fused-ring (bicyclic) bond motifs is 1. The van der Waals surface area contributed by atoms with Crippen molar-refractivity contribution in [1.29, 1.82) is 0 Å². The largest absolute Gasteiger partial charge is 0.0990 e. The fourth-order valence-electron chi connectivity index (χ4n) is 2.79. The van der Waals surface area contributed by atoms with Crippen molar-refractivity contribution >= 4 is 35.1 Å². The summed E-state index contributed by atoms with van der Waals surface area (Å²) in [6.07, 6.45) is 15.8. The molecular formula is C22H24. The van der Waals surface area contributed by atoms with Gasteiger partial charge in [-0.2, -0.15) is 0 Å². The first-order valence-corrected chi connectivity index (χ1v) is 7.90. The van der Waals surface area contributed by atoms with Crippen molar-refractivity contribution in [2.75, 3.05) is 0 Å². The van der Waals surface area contributed by atoms with E-state index in [0.29, 0.717) is 0 Å². The molecule has 0 saturated heterocycles. The number of allylic oxidation sites excluding steroid dienone is 3. The topological polar surface area (TPSA) is 0 Å². The normalized spacial score (nSPS) is 13.8. The van der Waals surface area contributed by atoms with Crippen molar-refractivity contribution in [2.24, 2.45) is 0 Å². The minimum absolute atomic E-state index is 1.03. The van der Waals surface area contributed by atoms with E-state index in [2.05, 4.69) is 88.1 Å². The standard InChI is InChI=1S/C22H24/c1-5-9-17-13-14-20-15-18(10-6-2)19(11-7-3)16-22(20)21(17)12-8-4/h5,7-16H,3,6H2,1-2,4H3/b9-5-,12-8-,18-10-,19-11-. The Balaban J connectivity index is 2.95. The molecule has 0 heterocycles. The van der Waals surface area contributed by atoms with Crippen LogP contribution in [0.4, 0.5) is 0 Å². The van der Waals surface area contributed by atoms with Crippen LogP contribution < -0.4 is 10.4 Å². The van der Waals surface area contributed by atoms with E-state index < -0.39 is 0 Å². The zero-order chi connectivity index (χ0) is 15.9. The lowest BCUT2D eigenvalue weighted by atomic mass is 9.96. The average molecular weight is 288 g/mol. The zero-order valence-corrected chi connectivity index (χ0v) is 13.8. The minimum Gasteiger partial charge on any atom is -0.0990 e. The molecule has 0 saturated carbocycles. The highest BCUT2D eigenvalue weighted by Crippen LogP contribution is 2.23. The van der Waals surface area contributed by atoms with Crippen LogP contribution in [0.3, 0.4) is 0 Å². The van der Waals surface area contributed by atoms with E-state index >= 15 is 0 Å². The maximum absolute atomic E-state index is 3.85. The molecule has 0 bridgehead atoms. The van der Waals surface area contributed by atoms with Gasteiger partial charge in [-0.25, -0.2) is 0 Å². The van der Waals surface area contributed by atoms with Gasteiger partial charge in [0, 0.05) is 0 Å². The van der Waals surface area contributed by atoms with Crippen molar-refractivity contribution in [2.45, 2.75) is 27.2 Å². The Morgan fingerprint density at radius 3 is 2.41 bits per heavy atom. The van der Waals surface area contributed by atoms with Crippen LogP contribution in [0.2, 0.25) is 0 Å². The molecule has 0 radical (unpaired) electrons. The Morgan fingerprint density at radius 1 is 1.00 bits per heavy atom. The van der Waals surface area contributed by atoms with Gasteiger partial charge < -0.3 is 0 Å². The van der Waals surface area contributed by atoms with Crippen LogP contribution in [0, 0.1) is 0 Å². The molecule has 0 heteroatoms. The van der Waals surface area contributed by atoms with Gasteiger partial charge in [-0.1, -0.05) is 68.2 Å². The molecule has 2 aromatic rings. The van der Waals surface area contributed by atoms with Crippen LogP contribution in [0.25, 0.3) is 35.1 Å². The van der Waals surface area contributed by atoms with Gasteiger partial charge in [-0.3, -0.25) is 0 Å². The summed E-state index contributed by atoms with van der Waals surface area (Å²) in [7, 11) is 0. The van der Waals surface area contributed by atoms with Crippen LogP contribution in [0.15, 0.2) is 49.1 Å². The molecule has 112 valence electrons. The third-order valence-corrected chi connectivity index (χ3v) is 3.70. The summed E-state index contributed by atoms with van der Waals surface area (Å²) in [5.74, 6) is 0. The maximum atomic E-state index is 3.85. The third-order valence-electron chi connectivity index (χ3n) is 3.70. The molecule has 2 aromatic carbocycles. The Morgan fingerprint density at radius 2 is 1.77 bits per heavy atom. The molecule has 0 atom stereocenters. The van der Waals surface area contributed by atoms with E-state index in [1.54, 1.807) is 0 Å². The molecule has 0 aliphatic carbocycles. The van der Waals surface area contributed by atoms with Gasteiger partial charge in [0.1, 0.15) is 0 Å². The lowest BCUT2D eigenvalue weighted by Crippen LogP contribution is -2.24. The van der Waals surface area contributed by atoms with Crippen molar-refractivity contribution < 1.29 is 0 Å². The van der Waals surface area contributed by atoms with E-state index in [4.69, 9.17) is 0 Å². The predicted molar refractivity (Wildman–Crippen MR) is 102 cm³/mol. The summed E-state index contributed by atoms with van der Waals surface area (Å²) < 4.78 is 0. The first-order valence-electron chi connectivity index (χ1n) is 7.90. The van der Waals surface area contributed by atoms with Crippen LogP contribution in [-0.2, 0) is 0 Å². The molecule has 2 rings (SSSR count). The van der Waals surface area contributed by atoms with Crippen molar-refractivity contribution in [3.05, 3.63) is 70.6 Å². The molecule has 0 fully saturated rings. The quantitative estimate of drug-likeness (QED) is 0.737. The summed E-state index contributed by atoms with van der Waals surface area (Å²) in [6.45, 7) is 10.1. The molecular weight excluding hydrogens is 264 g/mol. The summed E-state index contributed by atoms with van der Waals surface area (Å²) in [6, 6.07) is 8.97. The Hall–Kier alpha value is -2.34. The lowest BCUT2D eigenvalue weighted by molar-refractivity contribution is 1.28. The number of hydrogen-bond donors (Lipinski definition) is 0. The Bertz CT molecular complexity index is 846. The van der Waals surface area contributed by atoms with Gasteiger partial charge in [-0.05, 0) is 64.7 Å². The maximum Gasteiger partial charge on any atom is -0.00991 e. The highest BCUT2D eigenvalue weighted by molar-refractivity contribution is 5.94. The van der Waals surface area contributed by atoms with Crippen LogP contribution in [-0.4, -0.2) is 0 Å². The summed E-state index contributed by atoms with van der Waals surface area (Å²) >= 11 is 0. The number of rotatable bonds is 4. The van der Waals surface area contributed by atoms with Gasteiger partial charge in [0.25, 0.3) is 0 Å². The third kappa shape index (κ3) is 3.28. The average Bonchev–Trinajstić information content (AvgIpc) is 2.51. The monoisotopic (exact) mass is 288 g/mol. The van der Waals surface area contributed by atoms with E-state index in [1.165, 1.54) is 32.3 Å². The minimum atomic E-state index is 1.03. The number of benzene rings is 2. The molecule has 0 spiro atoms. The fraction of sp³-hybridized carbons (Fsp3) is 0.182. The summed E-state index contributed by atoms with van der Waals surface area (Å²) in [5, 5.41) is 5.07. The first kappa shape index (κ1) is 16.0. The van der Waals surface area contributed by atoms with Crippen molar-refractivity contribution in [1.82, 2.24) is 0 Å². The SMILES string of the molecule is C=C/C=c1/cc2c(/C=C\C)c(/C=C\C)ccc2c/c1=C/CC. The second kappa shape index (κ2) is 7.61. The van der Waals surface area contributed by atoms with Crippen LogP contribution >= 0.6 is 0 Å². The molecule has 0 N–H and O–H groups in total. The molecule has 0 aromatic heterocycles. The van der Waals surface area contributed by atoms with Gasteiger partial charge >= 0.3 is 0 Å². The summed E-state index contributed by atoms with van der Waals surface area (Å²) in [5.41, 5.74) is 2.53. The van der Waals surface area contributed by atoms with Gasteiger partial charge in [-0.15, -0.1) is 0 Å². The smallest absolute Gasteiger partial charge is 0.00991 e. The van der Waals surface area contributed by atoms with Crippen molar-refractivity contribution in [3.8, 4) is 0 Å². The lowest BCUT2D eigenvalue weighted by Gasteiger charge is -2.08. The van der Waals surface area contributed by atoms with Crippen LogP contribution in [0.5, 0.6) is 0 Å². The van der Waals surface area contributed by atoms with E-state index in [-0.39, 0.29) is 0 Å². The molecule has 0 amide bonds. The van der Waals surface area contributed by atoms with E-state index in [9.17, 15) is 0 Å². The molecule has 0 nitrogen and oxygen atoms in total. The molecule has 0 aliphatic rings. The van der Waals surface area contributed by atoms with E-state index in [1.807, 2.05) is 6.08 Å². The molecule has 22 heavy (non-hydrogen) atoms. The molecule has 0 unspecified atom stereocenters.